The zero-order chi connectivity index (χ0) is 8.81. The number of likely N-dealkylation sites (tertiary alicyclic amines) is 1. The van der Waals surface area contributed by atoms with Gasteiger partial charge in [0.2, 0.25) is 0 Å². The Morgan fingerprint density at radius 1 is 1.58 bits per heavy atom. The molecule has 5 heteroatoms. The number of hydrogen-bond donors (Lipinski definition) is 2. The van der Waals surface area contributed by atoms with Crippen molar-refractivity contribution in [3.05, 3.63) is 0 Å². The van der Waals surface area contributed by atoms with E-state index >= 15 is 0 Å². The molecule has 2 N–H and O–H groups in total. The first-order chi connectivity index (χ1) is 5.84. The van der Waals surface area contributed by atoms with E-state index < -0.39 is 0 Å². The highest BCUT2D eigenvalue weighted by molar-refractivity contribution is 5.68. The van der Waals surface area contributed by atoms with Crippen LogP contribution in [0.3, 0.4) is 0 Å². The second-order valence-electron chi connectivity index (χ2n) is 2.68. The predicted molar refractivity (Wildman–Crippen MR) is 42.4 cm³/mol. The Labute approximate surface area is 71.3 Å². The molecule has 0 unspecified atom stereocenters. The molecule has 1 rings (SSSR count). The van der Waals surface area contributed by atoms with Crippen LogP contribution in [-0.2, 0) is 4.84 Å². The zero-order valence-corrected chi connectivity index (χ0v) is 6.95. The highest BCUT2D eigenvalue weighted by atomic mass is 16.7. The standard InChI is InChI=1S/C7H14N2O3/c10-6-1-3-8-12-7(11)9-4-2-5-9/h8,10H,1-6H2. The van der Waals surface area contributed by atoms with Crippen molar-refractivity contribution < 1.29 is 14.7 Å². The number of amides is 1. The Morgan fingerprint density at radius 2 is 2.33 bits per heavy atom. The minimum atomic E-state index is -0.320. The number of hydroxylamine groups is 1. The fourth-order valence-electron chi connectivity index (χ4n) is 0.827. The van der Waals surface area contributed by atoms with E-state index in [0.717, 1.165) is 19.5 Å². The summed E-state index contributed by atoms with van der Waals surface area (Å²) in [6.45, 7) is 2.19. The van der Waals surface area contributed by atoms with Gasteiger partial charge in [0.05, 0.1) is 0 Å². The third kappa shape index (κ3) is 2.67. The third-order valence-electron chi connectivity index (χ3n) is 1.71. The Morgan fingerprint density at radius 3 is 2.83 bits per heavy atom. The van der Waals surface area contributed by atoms with E-state index in [1.807, 2.05) is 0 Å². The van der Waals surface area contributed by atoms with Crippen molar-refractivity contribution >= 4 is 6.09 Å². The van der Waals surface area contributed by atoms with Crippen molar-refractivity contribution in [1.29, 1.82) is 0 Å². The lowest BCUT2D eigenvalue weighted by Gasteiger charge is -2.29. The molecule has 0 aromatic carbocycles. The Balaban J connectivity index is 1.94. The lowest BCUT2D eigenvalue weighted by Crippen LogP contribution is -2.44. The summed E-state index contributed by atoms with van der Waals surface area (Å²) in [6, 6.07) is 0. The molecule has 0 aliphatic carbocycles. The molecule has 0 spiro atoms. The largest absolute Gasteiger partial charge is 0.428 e. The fourth-order valence-corrected chi connectivity index (χ4v) is 0.827. The summed E-state index contributed by atoms with van der Waals surface area (Å²) >= 11 is 0. The van der Waals surface area contributed by atoms with E-state index in [0.29, 0.717) is 13.0 Å². The maximum atomic E-state index is 11.0. The van der Waals surface area contributed by atoms with Crippen molar-refractivity contribution in [2.45, 2.75) is 12.8 Å². The van der Waals surface area contributed by atoms with Crippen LogP contribution >= 0.6 is 0 Å². The molecule has 0 atom stereocenters. The normalized spacial score (nSPS) is 15.6. The molecule has 0 saturated carbocycles. The van der Waals surface area contributed by atoms with Crippen LogP contribution in [0.25, 0.3) is 0 Å². The monoisotopic (exact) mass is 174 g/mol. The first-order valence-corrected chi connectivity index (χ1v) is 4.14. The number of nitrogens with one attached hydrogen (secondary N) is 1. The quantitative estimate of drug-likeness (QED) is 0.454. The summed E-state index contributed by atoms with van der Waals surface area (Å²) < 4.78 is 0. The van der Waals surface area contributed by atoms with Crippen LogP contribution in [0.5, 0.6) is 0 Å². The van der Waals surface area contributed by atoms with Crippen molar-refractivity contribution in [2.75, 3.05) is 26.2 Å². The first-order valence-electron chi connectivity index (χ1n) is 4.14. The third-order valence-corrected chi connectivity index (χ3v) is 1.71. The molecule has 1 heterocycles. The van der Waals surface area contributed by atoms with Crippen molar-refractivity contribution in [1.82, 2.24) is 10.4 Å². The molecular formula is C7H14N2O3. The lowest BCUT2D eigenvalue weighted by molar-refractivity contribution is 0.0378. The van der Waals surface area contributed by atoms with Gasteiger partial charge in [0.15, 0.2) is 0 Å². The summed E-state index contributed by atoms with van der Waals surface area (Å²) in [4.78, 5) is 17.3. The summed E-state index contributed by atoms with van der Waals surface area (Å²) in [5, 5.41) is 8.41. The van der Waals surface area contributed by atoms with Crippen LogP contribution in [0.1, 0.15) is 12.8 Å². The van der Waals surface area contributed by atoms with Gasteiger partial charge in [-0.05, 0) is 12.8 Å². The molecule has 1 aliphatic heterocycles. The molecule has 12 heavy (non-hydrogen) atoms. The van der Waals surface area contributed by atoms with Crippen LogP contribution < -0.4 is 5.48 Å². The van der Waals surface area contributed by atoms with Gasteiger partial charge in [0.1, 0.15) is 0 Å². The van der Waals surface area contributed by atoms with Gasteiger partial charge >= 0.3 is 6.09 Å². The van der Waals surface area contributed by atoms with Crippen molar-refractivity contribution in [2.24, 2.45) is 0 Å². The van der Waals surface area contributed by atoms with Crippen LogP contribution in [0.2, 0.25) is 0 Å². The Hall–Kier alpha value is -0.810. The molecule has 70 valence electrons. The van der Waals surface area contributed by atoms with Gasteiger partial charge in [-0.15, -0.1) is 0 Å². The van der Waals surface area contributed by atoms with E-state index in [-0.39, 0.29) is 12.7 Å². The van der Waals surface area contributed by atoms with Gasteiger partial charge in [-0.25, -0.2) is 4.79 Å². The van der Waals surface area contributed by atoms with Gasteiger partial charge in [-0.2, -0.15) is 5.48 Å². The van der Waals surface area contributed by atoms with E-state index in [1.54, 1.807) is 4.90 Å². The lowest BCUT2D eigenvalue weighted by atomic mass is 10.2. The Kier molecular flexibility index (Phi) is 3.83. The van der Waals surface area contributed by atoms with E-state index in [2.05, 4.69) is 10.3 Å². The van der Waals surface area contributed by atoms with Gasteiger partial charge in [0, 0.05) is 26.2 Å². The van der Waals surface area contributed by atoms with Crippen LogP contribution in [0.15, 0.2) is 0 Å². The predicted octanol–water partition coefficient (Wildman–Crippen LogP) is -0.284. The number of nitrogens with zero attached hydrogens (tertiary/aromatic N) is 1. The summed E-state index contributed by atoms with van der Waals surface area (Å²) in [6.07, 6.45) is 1.33. The van der Waals surface area contributed by atoms with E-state index in [1.165, 1.54) is 0 Å². The maximum Gasteiger partial charge on any atom is 0.428 e. The highest BCUT2D eigenvalue weighted by Crippen LogP contribution is 2.06. The van der Waals surface area contributed by atoms with Crippen molar-refractivity contribution in [3.8, 4) is 0 Å². The minimum absolute atomic E-state index is 0.105. The van der Waals surface area contributed by atoms with Gasteiger partial charge in [-0.3, -0.25) is 0 Å². The van der Waals surface area contributed by atoms with Gasteiger partial charge < -0.3 is 14.8 Å². The van der Waals surface area contributed by atoms with Crippen molar-refractivity contribution in [3.63, 3.8) is 0 Å². The van der Waals surface area contributed by atoms with Crippen LogP contribution in [0.4, 0.5) is 4.79 Å². The fraction of sp³-hybridized carbons (Fsp3) is 0.857. The average molecular weight is 174 g/mol. The number of carbonyl (C=O) groups excluding carboxylic acids is 1. The molecular weight excluding hydrogens is 160 g/mol. The Bertz CT molecular complexity index is 148. The first kappa shape index (κ1) is 9.28. The molecule has 1 aliphatic rings. The van der Waals surface area contributed by atoms with Crippen LogP contribution in [-0.4, -0.2) is 42.3 Å². The molecule has 1 fully saturated rings. The number of hydrogen-bond acceptors (Lipinski definition) is 4. The smallest absolute Gasteiger partial charge is 0.396 e. The number of aliphatic hydroxyl groups is 1. The van der Waals surface area contributed by atoms with Gasteiger partial charge in [-0.1, -0.05) is 0 Å². The summed E-state index contributed by atoms with van der Waals surface area (Å²) in [5.74, 6) is 0. The molecule has 5 nitrogen and oxygen atoms in total. The highest BCUT2D eigenvalue weighted by Gasteiger charge is 2.21. The minimum Gasteiger partial charge on any atom is -0.396 e. The zero-order valence-electron chi connectivity index (χ0n) is 6.95. The average Bonchev–Trinajstić information content (AvgIpc) is 1.95. The molecule has 0 aromatic heterocycles. The summed E-state index contributed by atoms with van der Waals surface area (Å²) in [7, 11) is 0. The number of aliphatic hydroxyl groups excluding tert-OH is 1. The maximum absolute atomic E-state index is 11.0. The summed E-state index contributed by atoms with van der Waals surface area (Å²) in [5.41, 5.74) is 2.48. The second kappa shape index (κ2) is 4.95. The van der Waals surface area contributed by atoms with E-state index in [9.17, 15) is 4.79 Å². The SMILES string of the molecule is O=C(ONCCCO)N1CCC1. The number of carbonyl (C=O) groups is 1. The van der Waals surface area contributed by atoms with Gasteiger partial charge in [0.25, 0.3) is 0 Å². The molecule has 1 saturated heterocycles. The molecule has 1 amide bonds. The number of rotatable bonds is 4. The van der Waals surface area contributed by atoms with E-state index in [4.69, 9.17) is 5.11 Å². The second-order valence-corrected chi connectivity index (χ2v) is 2.68. The molecule has 0 radical (unpaired) electrons. The topological polar surface area (TPSA) is 61.8 Å². The molecule has 0 bridgehead atoms. The van der Waals surface area contributed by atoms with Crippen LogP contribution in [0, 0.1) is 0 Å². The molecule has 0 aromatic rings.